The fraction of sp³-hybridized carbons (Fsp3) is 0.150. The third kappa shape index (κ3) is 4.98. The molecule has 154 valence electrons. The van der Waals surface area contributed by atoms with Crippen LogP contribution in [0.2, 0.25) is 0 Å². The summed E-state index contributed by atoms with van der Waals surface area (Å²) in [5, 5.41) is 15.1. The van der Waals surface area contributed by atoms with E-state index in [0.717, 1.165) is 0 Å². The minimum absolute atomic E-state index is 0.0468. The quantitative estimate of drug-likeness (QED) is 0.261. The summed E-state index contributed by atoms with van der Waals surface area (Å²) in [6.45, 7) is 1.70. The van der Waals surface area contributed by atoms with Gasteiger partial charge in [-0.1, -0.05) is 12.1 Å². The summed E-state index contributed by atoms with van der Waals surface area (Å²) in [4.78, 5) is 34.0. The lowest BCUT2D eigenvalue weighted by Crippen LogP contribution is -2.17. The first-order valence-electron chi connectivity index (χ1n) is 8.86. The Morgan fingerprint density at radius 3 is 2.80 bits per heavy atom. The lowest BCUT2D eigenvalue weighted by atomic mass is 10.2. The van der Waals surface area contributed by atoms with Crippen LogP contribution in [0.25, 0.3) is 11.0 Å². The van der Waals surface area contributed by atoms with Crippen molar-refractivity contribution in [3.8, 4) is 5.75 Å². The molecule has 0 aliphatic rings. The van der Waals surface area contributed by atoms with Gasteiger partial charge in [0.1, 0.15) is 11.3 Å². The van der Waals surface area contributed by atoms with Crippen molar-refractivity contribution in [2.45, 2.75) is 6.92 Å². The number of ether oxygens (including phenoxy) is 2. The molecule has 0 saturated carbocycles. The van der Waals surface area contributed by atoms with Gasteiger partial charge in [0, 0.05) is 23.1 Å². The largest absolute Gasteiger partial charge is 0.481 e. The number of nitrogens with zero attached hydrogens (tertiary/aromatic N) is 2. The number of para-hydroxylation sites is 1. The van der Waals surface area contributed by atoms with Gasteiger partial charge in [-0.05, 0) is 31.2 Å². The molecule has 3 rings (SSSR count). The van der Waals surface area contributed by atoms with Gasteiger partial charge in [0.25, 0.3) is 5.69 Å². The van der Waals surface area contributed by atoms with Crippen LogP contribution in [0.15, 0.2) is 58.0 Å². The lowest BCUT2D eigenvalue weighted by Gasteiger charge is -2.08. The predicted molar refractivity (Wildman–Crippen MR) is 106 cm³/mol. The number of furan rings is 1. The molecular weight excluding hydrogens is 394 g/mol. The molecule has 0 radical (unpaired) electrons. The lowest BCUT2D eigenvalue weighted by molar-refractivity contribution is -0.384. The second kappa shape index (κ2) is 9.32. The van der Waals surface area contributed by atoms with Crippen molar-refractivity contribution in [2.24, 2.45) is 5.10 Å². The third-order valence-corrected chi connectivity index (χ3v) is 3.87. The maximum atomic E-state index is 12.3. The number of benzene rings is 2. The zero-order valence-electron chi connectivity index (χ0n) is 15.9. The van der Waals surface area contributed by atoms with Crippen LogP contribution >= 0.6 is 0 Å². The van der Waals surface area contributed by atoms with Crippen LogP contribution in [0.4, 0.5) is 5.69 Å². The number of hydrazone groups is 1. The van der Waals surface area contributed by atoms with Crippen LogP contribution in [-0.4, -0.2) is 36.2 Å². The van der Waals surface area contributed by atoms with E-state index in [1.807, 2.05) is 0 Å². The first-order chi connectivity index (χ1) is 14.5. The molecule has 10 heteroatoms. The summed E-state index contributed by atoms with van der Waals surface area (Å²) in [6.07, 6.45) is 1.35. The first-order valence-corrected chi connectivity index (χ1v) is 8.86. The zero-order valence-corrected chi connectivity index (χ0v) is 15.9. The molecule has 0 aliphatic carbocycles. The van der Waals surface area contributed by atoms with Crippen molar-refractivity contribution < 1.29 is 28.4 Å². The predicted octanol–water partition coefficient (Wildman–Crippen LogP) is 3.05. The molecule has 1 heterocycles. The highest BCUT2D eigenvalue weighted by atomic mass is 16.6. The monoisotopic (exact) mass is 411 g/mol. The van der Waals surface area contributed by atoms with Crippen molar-refractivity contribution in [3.05, 3.63) is 70.0 Å². The number of hydrogen-bond donors (Lipinski definition) is 1. The molecule has 0 unspecified atom stereocenters. The molecule has 0 fully saturated rings. The second-order valence-corrected chi connectivity index (χ2v) is 5.92. The fourth-order valence-corrected chi connectivity index (χ4v) is 2.53. The van der Waals surface area contributed by atoms with Crippen LogP contribution in [-0.2, 0) is 9.53 Å². The van der Waals surface area contributed by atoms with Gasteiger partial charge in [-0.15, -0.1) is 0 Å². The van der Waals surface area contributed by atoms with Crippen molar-refractivity contribution in [1.82, 2.24) is 5.43 Å². The van der Waals surface area contributed by atoms with Gasteiger partial charge < -0.3 is 13.9 Å². The third-order valence-electron chi connectivity index (χ3n) is 3.87. The van der Waals surface area contributed by atoms with Gasteiger partial charge in [0.2, 0.25) is 0 Å². The maximum absolute atomic E-state index is 12.3. The molecule has 2 aromatic carbocycles. The van der Waals surface area contributed by atoms with Gasteiger partial charge in [0.05, 0.1) is 17.7 Å². The number of fused-ring (bicyclic) bond motifs is 1. The number of carbonyl (C=O) groups is 2. The Balaban J connectivity index is 1.67. The zero-order chi connectivity index (χ0) is 21.5. The average molecular weight is 411 g/mol. The Bertz CT molecular complexity index is 1120. The van der Waals surface area contributed by atoms with Gasteiger partial charge in [0.15, 0.2) is 12.4 Å². The van der Waals surface area contributed by atoms with Crippen LogP contribution in [0.1, 0.15) is 23.0 Å². The Hall–Kier alpha value is -4.21. The Morgan fingerprint density at radius 2 is 2.03 bits per heavy atom. The Labute approximate surface area is 170 Å². The number of esters is 1. The number of nitro benzene ring substituents is 1. The first kappa shape index (κ1) is 20.5. The number of non-ortho nitro benzene ring substituents is 1. The van der Waals surface area contributed by atoms with E-state index in [9.17, 15) is 19.7 Å². The standard InChI is InChI=1S/C20H17N3O7/c1-2-28-19(24)12-29-16-6-4-3-5-13(16)11-21-22-20(25)18-10-14-9-15(23(26)27)7-8-17(14)30-18/h3-11H,2,12H2,1H3,(H,22,25)/b21-11-. The van der Waals surface area contributed by atoms with Crippen LogP contribution in [0.5, 0.6) is 5.75 Å². The number of amides is 1. The molecule has 0 spiro atoms. The van der Waals surface area contributed by atoms with Crippen molar-refractivity contribution in [1.29, 1.82) is 0 Å². The highest BCUT2D eigenvalue weighted by Gasteiger charge is 2.14. The molecular formula is C20H17N3O7. The van der Waals surface area contributed by atoms with Gasteiger partial charge >= 0.3 is 11.9 Å². The second-order valence-electron chi connectivity index (χ2n) is 5.92. The molecule has 1 aromatic heterocycles. The molecule has 3 aromatic rings. The average Bonchev–Trinajstić information content (AvgIpc) is 3.16. The van der Waals surface area contributed by atoms with Crippen molar-refractivity contribution in [2.75, 3.05) is 13.2 Å². The van der Waals surface area contributed by atoms with Crippen molar-refractivity contribution in [3.63, 3.8) is 0 Å². The van der Waals surface area contributed by atoms with Crippen molar-refractivity contribution >= 4 is 34.7 Å². The molecule has 0 saturated heterocycles. The van der Waals surface area contributed by atoms with Crippen LogP contribution in [0, 0.1) is 10.1 Å². The van der Waals surface area contributed by atoms with E-state index in [-0.39, 0.29) is 24.7 Å². The molecule has 10 nitrogen and oxygen atoms in total. The fourth-order valence-electron chi connectivity index (χ4n) is 2.53. The summed E-state index contributed by atoms with van der Waals surface area (Å²) in [6, 6.07) is 12.2. The summed E-state index contributed by atoms with van der Waals surface area (Å²) in [7, 11) is 0. The Kier molecular flexibility index (Phi) is 6.38. The van der Waals surface area contributed by atoms with Crippen LogP contribution in [0.3, 0.4) is 0 Å². The van der Waals surface area contributed by atoms with Gasteiger partial charge in [-0.25, -0.2) is 10.2 Å². The van der Waals surface area contributed by atoms with E-state index >= 15 is 0 Å². The molecule has 0 bridgehead atoms. The number of rotatable bonds is 8. The normalized spacial score (nSPS) is 10.8. The van der Waals surface area contributed by atoms with E-state index < -0.39 is 16.8 Å². The molecule has 1 N–H and O–H groups in total. The molecule has 30 heavy (non-hydrogen) atoms. The minimum Gasteiger partial charge on any atom is -0.481 e. The SMILES string of the molecule is CCOC(=O)COc1ccccc1/C=N\NC(=O)c1cc2cc([N+](=O)[O-])ccc2o1. The number of hydrogen-bond acceptors (Lipinski definition) is 8. The molecule has 1 amide bonds. The number of carbonyl (C=O) groups excluding carboxylic acids is 2. The Morgan fingerprint density at radius 1 is 1.23 bits per heavy atom. The summed E-state index contributed by atoms with van der Waals surface area (Å²) < 4.78 is 15.6. The topological polar surface area (TPSA) is 133 Å². The van der Waals surface area contributed by atoms with Gasteiger partial charge in [-0.3, -0.25) is 14.9 Å². The van der Waals surface area contributed by atoms with E-state index in [0.29, 0.717) is 22.3 Å². The number of nitro groups is 1. The van der Waals surface area contributed by atoms with Crippen LogP contribution < -0.4 is 10.2 Å². The van der Waals surface area contributed by atoms with E-state index in [4.69, 9.17) is 13.9 Å². The summed E-state index contributed by atoms with van der Waals surface area (Å²) >= 11 is 0. The molecule has 0 atom stereocenters. The molecule has 0 aliphatic heterocycles. The highest BCUT2D eigenvalue weighted by Crippen LogP contribution is 2.24. The van der Waals surface area contributed by atoms with E-state index in [1.165, 1.54) is 30.5 Å². The maximum Gasteiger partial charge on any atom is 0.344 e. The van der Waals surface area contributed by atoms with E-state index in [1.54, 1.807) is 31.2 Å². The smallest absolute Gasteiger partial charge is 0.344 e. The number of nitrogens with one attached hydrogen (secondary N) is 1. The summed E-state index contributed by atoms with van der Waals surface area (Å²) in [5.74, 6) is -0.785. The van der Waals surface area contributed by atoms with Gasteiger partial charge in [-0.2, -0.15) is 5.10 Å². The minimum atomic E-state index is -0.630. The summed E-state index contributed by atoms with van der Waals surface area (Å²) in [5.41, 5.74) is 3.08. The highest BCUT2D eigenvalue weighted by molar-refractivity contribution is 5.97. The van der Waals surface area contributed by atoms with E-state index in [2.05, 4.69) is 10.5 Å².